The topological polar surface area (TPSA) is 39.1 Å². The highest BCUT2D eigenvalue weighted by molar-refractivity contribution is 5.13. The third-order valence-corrected chi connectivity index (χ3v) is 4.52. The zero-order valence-corrected chi connectivity index (χ0v) is 14.7. The molecule has 1 rings (SSSR count). The van der Waals surface area contributed by atoms with Crippen LogP contribution < -0.4 is 5.32 Å². The second-order valence-corrected chi connectivity index (χ2v) is 5.62. The first-order chi connectivity index (χ1) is 10.1. The van der Waals surface area contributed by atoms with Crippen molar-refractivity contribution < 1.29 is 4.74 Å². The molecule has 0 saturated heterocycles. The molecule has 1 aromatic rings. The minimum atomic E-state index is -0.0958. The summed E-state index contributed by atoms with van der Waals surface area (Å²) in [4.78, 5) is 0. The highest BCUT2D eigenvalue weighted by atomic mass is 16.5. The van der Waals surface area contributed by atoms with Crippen molar-refractivity contribution in [2.45, 2.75) is 71.9 Å². The van der Waals surface area contributed by atoms with Crippen LogP contribution in [0, 0.1) is 0 Å². The smallest absolute Gasteiger partial charge is 0.0833 e. The van der Waals surface area contributed by atoms with E-state index in [-0.39, 0.29) is 5.60 Å². The van der Waals surface area contributed by atoms with E-state index in [0.717, 1.165) is 44.5 Å². The molecule has 0 amide bonds. The molecule has 0 aliphatic rings. The Bertz CT molecular complexity index is 410. The molecule has 1 unspecified atom stereocenters. The van der Waals surface area contributed by atoms with Crippen LogP contribution in [-0.4, -0.2) is 34.6 Å². The zero-order chi connectivity index (χ0) is 15.9. The van der Waals surface area contributed by atoms with Crippen LogP contribution in [0.25, 0.3) is 0 Å². The average molecular weight is 295 g/mol. The molecule has 1 heterocycles. The molecule has 0 saturated carbocycles. The molecule has 0 radical (unpaired) electrons. The van der Waals surface area contributed by atoms with E-state index >= 15 is 0 Å². The van der Waals surface area contributed by atoms with E-state index < -0.39 is 0 Å². The van der Waals surface area contributed by atoms with Crippen LogP contribution in [-0.2, 0) is 24.6 Å². The van der Waals surface area contributed by atoms with Crippen molar-refractivity contribution in [3.05, 3.63) is 17.5 Å². The molecular formula is C17H33N3O. The number of hydrogen-bond donors (Lipinski definition) is 1. The monoisotopic (exact) mass is 295 g/mol. The fourth-order valence-corrected chi connectivity index (χ4v) is 3.17. The lowest BCUT2D eigenvalue weighted by molar-refractivity contribution is -0.0719. The van der Waals surface area contributed by atoms with Crippen molar-refractivity contribution >= 4 is 0 Å². The number of aromatic nitrogens is 2. The number of aryl methyl sites for hydroxylation is 2. The minimum absolute atomic E-state index is 0.0958. The quantitative estimate of drug-likeness (QED) is 0.721. The largest absolute Gasteiger partial charge is 0.374 e. The number of hydrogen-bond acceptors (Lipinski definition) is 3. The van der Waals surface area contributed by atoms with Gasteiger partial charge in [0, 0.05) is 31.8 Å². The average Bonchev–Trinajstić information content (AvgIpc) is 2.85. The number of rotatable bonds is 10. The van der Waals surface area contributed by atoms with Gasteiger partial charge >= 0.3 is 0 Å². The van der Waals surface area contributed by atoms with Gasteiger partial charge in [0.05, 0.1) is 11.3 Å². The molecule has 0 aliphatic carbocycles. The molecule has 122 valence electrons. The Balaban J connectivity index is 3.01. The van der Waals surface area contributed by atoms with Gasteiger partial charge in [0.2, 0.25) is 0 Å². The fraction of sp³-hybridized carbons (Fsp3) is 0.824. The fourth-order valence-electron chi connectivity index (χ4n) is 3.17. The molecule has 1 aromatic heterocycles. The molecule has 0 aromatic carbocycles. The molecule has 0 aliphatic heterocycles. The molecule has 0 fully saturated rings. The van der Waals surface area contributed by atoms with Crippen LogP contribution in [0.5, 0.6) is 0 Å². The maximum Gasteiger partial charge on any atom is 0.0833 e. The third kappa shape index (κ3) is 4.30. The minimum Gasteiger partial charge on any atom is -0.374 e. The number of ether oxygens (including phenoxy) is 1. The molecule has 4 nitrogen and oxygen atoms in total. The molecular weight excluding hydrogens is 262 g/mol. The van der Waals surface area contributed by atoms with Gasteiger partial charge < -0.3 is 10.1 Å². The summed E-state index contributed by atoms with van der Waals surface area (Å²) in [5.74, 6) is 0. The highest BCUT2D eigenvalue weighted by Crippen LogP contribution is 2.27. The van der Waals surface area contributed by atoms with Gasteiger partial charge in [0.25, 0.3) is 0 Å². The van der Waals surface area contributed by atoms with Crippen molar-refractivity contribution in [2.24, 2.45) is 7.05 Å². The summed E-state index contributed by atoms with van der Waals surface area (Å²) < 4.78 is 8.21. The van der Waals surface area contributed by atoms with Crippen LogP contribution in [0.2, 0.25) is 0 Å². The van der Waals surface area contributed by atoms with Crippen molar-refractivity contribution in [1.29, 1.82) is 0 Å². The van der Waals surface area contributed by atoms with E-state index in [9.17, 15) is 0 Å². The van der Waals surface area contributed by atoms with Gasteiger partial charge in [0.1, 0.15) is 0 Å². The Hall–Kier alpha value is -0.870. The van der Waals surface area contributed by atoms with Crippen molar-refractivity contribution in [3.63, 3.8) is 0 Å². The summed E-state index contributed by atoms with van der Waals surface area (Å²) in [5.41, 5.74) is 2.35. The van der Waals surface area contributed by atoms with Gasteiger partial charge in [-0.1, -0.05) is 27.7 Å². The summed E-state index contributed by atoms with van der Waals surface area (Å²) in [5, 5.41) is 8.22. The summed E-state index contributed by atoms with van der Waals surface area (Å²) >= 11 is 0. The predicted molar refractivity (Wildman–Crippen MR) is 88.7 cm³/mol. The Kier molecular flexibility index (Phi) is 7.40. The van der Waals surface area contributed by atoms with Gasteiger partial charge in [-0.3, -0.25) is 4.68 Å². The zero-order valence-electron chi connectivity index (χ0n) is 14.7. The van der Waals surface area contributed by atoms with Gasteiger partial charge in [-0.05, 0) is 38.8 Å². The summed E-state index contributed by atoms with van der Waals surface area (Å²) in [6, 6.07) is 2.55. The van der Waals surface area contributed by atoms with E-state index in [0.29, 0.717) is 6.04 Å². The second kappa shape index (κ2) is 8.54. The number of nitrogens with one attached hydrogen (secondary N) is 1. The lowest BCUT2D eigenvalue weighted by Gasteiger charge is -2.40. The summed E-state index contributed by atoms with van der Waals surface area (Å²) in [6.07, 6.45) is 3.98. The number of likely N-dealkylation sites (N-methyl/N-ethyl adjacent to an activating group) is 1. The Labute approximate surface area is 130 Å². The van der Waals surface area contributed by atoms with Gasteiger partial charge in [-0.2, -0.15) is 5.10 Å². The standard InChI is InChI=1S/C17H33N3O/c1-7-14-12-15(20(6)19-14)13-16(18-10-4)17(8-2,9-3)21-11-5/h12,16,18H,7-11,13H2,1-6H3. The van der Waals surface area contributed by atoms with Gasteiger partial charge in [-0.25, -0.2) is 0 Å². The Morgan fingerprint density at radius 2 is 1.90 bits per heavy atom. The van der Waals surface area contributed by atoms with E-state index in [1.54, 1.807) is 0 Å². The van der Waals surface area contributed by atoms with Gasteiger partial charge in [0.15, 0.2) is 0 Å². The maximum absolute atomic E-state index is 6.20. The maximum atomic E-state index is 6.20. The lowest BCUT2D eigenvalue weighted by Crippen LogP contribution is -2.53. The van der Waals surface area contributed by atoms with E-state index in [1.807, 2.05) is 11.7 Å². The van der Waals surface area contributed by atoms with E-state index in [2.05, 4.69) is 51.1 Å². The highest BCUT2D eigenvalue weighted by Gasteiger charge is 2.36. The summed E-state index contributed by atoms with van der Waals surface area (Å²) in [7, 11) is 2.04. The first kappa shape index (κ1) is 18.2. The van der Waals surface area contributed by atoms with E-state index in [4.69, 9.17) is 4.74 Å². The normalized spacial score (nSPS) is 13.6. The molecule has 0 spiro atoms. The molecule has 1 N–H and O–H groups in total. The van der Waals surface area contributed by atoms with Crippen LogP contribution in [0.1, 0.15) is 58.8 Å². The molecule has 1 atom stereocenters. The SMILES string of the molecule is CCNC(Cc1cc(CC)nn1C)C(CC)(CC)OCC. The second-order valence-electron chi connectivity index (χ2n) is 5.62. The Morgan fingerprint density at radius 1 is 1.24 bits per heavy atom. The van der Waals surface area contributed by atoms with Crippen molar-refractivity contribution in [2.75, 3.05) is 13.2 Å². The third-order valence-electron chi connectivity index (χ3n) is 4.52. The van der Waals surface area contributed by atoms with Crippen LogP contribution in [0.4, 0.5) is 0 Å². The summed E-state index contributed by atoms with van der Waals surface area (Å²) in [6.45, 7) is 12.6. The first-order valence-corrected chi connectivity index (χ1v) is 8.45. The molecule has 4 heteroatoms. The lowest BCUT2D eigenvalue weighted by atomic mass is 9.85. The Morgan fingerprint density at radius 3 is 2.33 bits per heavy atom. The van der Waals surface area contributed by atoms with Gasteiger partial charge in [-0.15, -0.1) is 0 Å². The predicted octanol–water partition coefficient (Wildman–Crippen LogP) is 3.10. The molecule has 0 bridgehead atoms. The molecule has 21 heavy (non-hydrogen) atoms. The van der Waals surface area contributed by atoms with Crippen molar-refractivity contribution in [1.82, 2.24) is 15.1 Å². The van der Waals surface area contributed by atoms with E-state index in [1.165, 1.54) is 5.69 Å². The van der Waals surface area contributed by atoms with Crippen LogP contribution >= 0.6 is 0 Å². The first-order valence-electron chi connectivity index (χ1n) is 8.45. The number of nitrogens with zero attached hydrogens (tertiary/aromatic N) is 2. The van der Waals surface area contributed by atoms with Crippen LogP contribution in [0.15, 0.2) is 6.07 Å². The van der Waals surface area contributed by atoms with Crippen LogP contribution in [0.3, 0.4) is 0 Å². The van der Waals surface area contributed by atoms with Crippen molar-refractivity contribution in [3.8, 4) is 0 Å².